The van der Waals surface area contributed by atoms with Crippen LogP contribution in [0.2, 0.25) is 0 Å². The van der Waals surface area contributed by atoms with Gasteiger partial charge in [0.05, 0.1) is 20.0 Å². The van der Waals surface area contributed by atoms with Gasteiger partial charge in [-0.2, -0.15) is 0 Å². The second-order valence-electron chi connectivity index (χ2n) is 7.66. The van der Waals surface area contributed by atoms with Gasteiger partial charge in [0.2, 0.25) is 0 Å². The second-order valence-corrected chi connectivity index (χ2v) is 14.0. The van der Waals surface area contributed by atoms with Crippen molar-refractivity contribution in [3.05, 3.63) is 0 Å². The minimum absolute atomic E-state index is 1.04. The summed E-state index contributed by atoms with van der Waals surface area (Å²) in [5.74, 6) is 0. The van der Waals surface area contributed by atoms with E-state index in [1.165, 1.54) is 70.8 Å². The van der Waals surface area contributed by atoms with Gasteiger partial charge >= 0.3 is 41.5 Å². The summed E-state index contributed by atoms with van der Waals surface area (Å²) in [4.78, 5) is 7.34. The molecule has 1 saturated heterocycles. The van der Waals surface area contributed by atoms with E-state index in [9.17, 15) is 0 Å². The zero-order chi connectivity index (χ0) is 20.3. The molecule has 0 aromatic carbocycles. The summed E-state index contributed by atoms with van der Waals surface area (Å²) in [6.45, 7) is 9.10. The van der Waals surface area contributed by atoms with Gasteiger partial charge in [-0.25, -0.2) is 0 Å². The van der Waals surface area contributed by atoms with Gasteiger partial charge in [-0.3, -0.25) is 15.1 Å². The number of halogens is 3. The number of hydrogen-bond donors (Lipinski definition) is 1. The van der Waals surface area contributed by atoms with E-state index in [1.54, 1.807) is 0 Å². The summed E-state index contributed by atoms with van der Waals surface area (Å²) < 4.78 is 0. The van der Waals surface area contributed by atoms with Crippen molar-refractivity contribution in [1.82, 2.24) is 20.0 Å². The summed E-state index contributed by atoms with van der Waals surface area (Å²) in [5, 5.41) is 3.53. The van der Waals surface area contributed by atoms with Crippen LogP contribution in [-0.2, 0) is 11.4 Å². The van der Waals surface area contributed by atoms with E-state index in [1.807, 2.05) is 0 Å². The summed E-state index contributed by atoms with van der Waals surface area (Å²) in [7, 11) is 19.1. The van der Waals surface area contributed by atoms with E-state index < -0.39 is 11.4 Å². The van der Waals surface area contributed by atoms with Crippen LogP contribution in [0.25, 0.3) is 0 Å². The quantitative estimate of drug-likeness (QED) is 0.323. The molecule has 1 rings (SSSR count). The van der Waals surface area contributed by atoms with E-state index in [2.05, 4.69) is 41.0 Å². The first kappa shape index (κ1) is 28.2. The van der Waals surface area contributed by atoms with Crippen LogP contribution in [0.15, 0.2) is 0 Å². The van der Waals surface area contributed by atoms with Gasteiger partial charge in [-0.15, -0.1) is 0 Å². The topological polar surface area (TPSA) is 21.8 Å². The maximum atomic E-state index is 4.93. The predicted octanol–water partition coefficient (Wildman–Crippen LogP) is 5.61. The van der Waals surface area contributed by atoms with Gasteiger partial charge in [0.25, 0.3) is 0 Å². The molecule has 0 aromatic heterocycles. The first-order valence-corrected chi connectivity index (χ1v) is 15.7. The standard InChI is InChI=1S/C19H42N4.3ClH.Cr/c1-4-5-6-7-8-9-10-11-12-13-14-22-17-20-18-23(19-22)16-15-21(2)3;;;;/h20H,4-19H2,1-3H3;3*1H;/q;;;;+3/p-3. The Bertz CT molecular complexity index is 310. The molecule has 0 atom stereocenters. The van der Waals surface area contributed by atoms with Crippen LogP contribution in [0.4, 0.5) is 0 Å². The summed E-state index contributed by atoms with van der Waals surface area (Å²) in [6, 6.07) is 0. The van der Waals surface area contributed by atoms with Crippen LogP contribution in [-0.4, -0.2) is 68.4 Å². The molecule has 0 aromatic rings. The molecule has 0 bridgehead atoms. The van der Waals surface area contributed by atoms with Crippen molar-refractivity contribution in [2.45, 2.75) is 71.1 Å². The molecule has 1 fully saturated rings. The number of likely N-dealkylation sites (N-methyl/N-ethyl adjacent to an activating group) is 1. The van der Waals surface area contributed by atoms with Crippen LogP contribution in [0, 0.1) is 0 Å². The third-order valence-corrected chi connectivity index (χ3v) is 4.76. The van der Waals surface area contributed by atoms with E-state index in [-0.39, 0.29) is 0 Å². The molecule has 1 heterocycles. The predicted molar refractivity (Wildman–Crippen MR) is 119 cm³/mol. The van der Waals surface area contributed by atoms with E-state index in [0.29, 0.717) is 0 Å². The molecular formula is C19H42Cl3CrN4. The first-order valence-electron chi connectivity index (χ1n) is 10.5. The van der Waals surface area contributed by atoms with Gasteiger partial charge in [-0.1, -0.05) is 64.7 Å². The maximum absolute atomic E-state index is 4.93. The number of nitrogens with zero attached hydrogens (tertiary/aromatic N) is 3. The molecule has 0 aliphatic carbocycles. The summed E-state index contributed by atoms with van der Waals surface area (Å²) in [6.07, 6.45) is 14.2. The number of nitrogens with one attached hydrogen (secondary N) is 1. The number of unbranched alkanes of at least 4 members (excludes halogenated alkanes) is 9. The molecule has 0 radical (unpaired) electrons. The molecule has 8 heteroatoms. The number of hydrogen-bond acceptors (Lipinski definition) is 4. The molecule has 4 nitrogen and oxygen atoms in total. The van der Waals surface area contributed by atoms with Crippen molar-refractivity contribution >= 4 is 30.1 Å². The zero-order valence-electron chi connectivity index (χ0n) is 17.7. The van der Waals surface area contributed by atoms with Crippen molar-refractivity contribution in [3.63, 3.8) is 0 Å². The van der Waals surface area contributed by atoms with Crippen LogP contribution in [0.1, 0.15) is 71.1 Å². The molecule has 0 spiro atoms. The van der Waals surface area contributed by atoms with Crippen molar-refractivity contribution in [2.75, 3.05) is 53.7 Å². The molecule has 0 amide bonds. The average molecular weight is 485 g/mol. The van der Waals surface area contributed by atoms with Gasteiger partial charge in [0, 0.05) is 19.6 Å². The second kappa shape index (κ2) is 20.5. The van der Waals surface area contributed by atoms with E-state index >= 15 is 0 Å². The van der Waals surface area contributed by atoms with E-state index in [0.717, 1.165) is 33.1 Å². The van der Waals surface area contributed by atoms with Crippen LogP contribution >= 0.6 is 30.1 Å². The Morgan fingerprint density at radius 3 is 1.70 bits per heavy atom. The average Bonchev–Trinajstić information content (AvgIpc) is 2.61. The number of rotatable bonds is 14. The van der Waals surface area contributed by atoms with Crippen molar-refractivity contribution in [2.24, 2.45) is 0 Å². The van der Waals surface area contributed by atoms with Gasteiger partial charge < -0.3 is 4.90 Å². The third kappa shape index (κ3) is 21.8. The molecule has 27 heavy (non-hydrogen) atoms. The summed E-state index contributed by atoms with van der Waals surface area (Å²) in [5.41, 5.74) is 0. The molecule has 0 saturated carbocycles. The fourth-order valence-electron chi connectivity index (χ4n) is 3.21. The molecule has 1 aliphatic rings. The fourth-order valence-corrected chi connectivity index (χ4v) is 3.21. The zero-order valence-corrected chi connectivity index (χ0v) is 21.2. The molecule has 165 valence electrons. The Balaban J connectivity index is 0.00000153. The summed E-state index contributed by atoms with van der Waals surface area (Å²) >= 11 is -1.62. The Hall–Kier alpha value is 1.24. The Morgan fingerprint density at radius 1 is 0.778 bits per heavy atom. The van der Waals surface area contributed by atoms with E-state index in [4.69, 9.17) is 30.1 Å². The van der Waals surface area contributed by atoms with Gasteiger partial charge in [0.1, 0.15) is 0 Å². The monoisotopic (exact) mass is 483 g/mol. The molecular weight excluding hydrogens is 443 g/mol. The SMILES string of the molecule is CCCCCCCCCCCCN1CNCN(CCN(C)C)C1.[Cl][Cr]([Cl])[Cl]. The van der Waals surface area contributed by atoms with Crippen LogP contribution in [0.5, 0.6) is 0 Å². The molecule has 1 aliphatic heterocycles. The molecule has 0 unspecified atom stereocenters. The van der Waals surface area contributed by atoms with Gasteiger partial charge in [0.15, 0.2) is 0 Å². The third-order valence-electron chi connectivity index (χ3n) is 4.76. The normalized spacial score (nSPS) is 16.0. The van der Waals surface area contributed by atoms with Gasteiger partial charge in [-0.05, 0) is 20.5 Å². The fraction of sp³-hybridized carbons (Fsp3) is 1.00. The van der Waals surface area contributed by atoms with Crippen molar-refractivity contribution in [3.8, 4) is 0 Å². The minimum atomic E-state index is -1.62. The van der Waals surface area contributed by atoms with Crippen molar-refractivity contribution in [1.29, 1.82) is 0 Å². The molecule has 1 N–H and O–H groups in total. The Labute approximate surface area is 185 Å². The van der Waals surface area contributed by atoms with Crippen molar-refractivity contribution < 1.29 is 11.4 Å². The Kier molecular flexibility index (Phi) is 21.5. The first-order chi connectivity index (χ1) is 13.0. The van der Waals surface area contributed by atoms with Crippen LogP contribution < -0.4 is 5.32 Å². The Morgan fingerprint density at radius 2 is 1.22 bits per heavy atom. The van der Waals surface area contributed by atoms with Crippen LogP contribution in [0.3, 0.4) is 0 Å².